The van der Waals surface area contributed by atoms with E-state index in [1.54, 1.807) is 11.3 Å². The van der Waals surface area contributed by atoms with E-state index >= 15 is 0 Å². The number of benzene rings is 1. The zero-order valence-corrected chi connectivity index (χ0v) is 14.3. The van der Waals surface area contributed by atoms with Gasteiger partial charge in [0.2, 0.25) is 5.89 Å². The summed E-state index contributed by atoms with van der Waals surface area (Å²) in [5, 5.41) is 10.5. The molecule has 2 aromatic heterocycles. The van der Waals surface area contributed by atoms with E-state index in [9.17, 15) is 0 Å². The largest absolute Gasteiger partial charge is 0.339 e. The average Bonchev–Trinajstić information content (AvgIpc) is 3.23. The maximum Gasteiger partial charge on any atom is 0.229 e. The van der Waals surface area contributed by atoms with E-state index in [0.29, 0.717) is 18.3 Å². The van der Waals surface area contributed by atoms with E-state index in [2.05, 4.69) is 39.9 Å². The fraction of sp³-hybridized carbons (Fsp3) is 0.353. The molecule has 2 heterocycles. The lowest BCUT2D eigenvalue weighted by molar-refractivity contribution is 0.358. The molecule has 0 fully saturated rings. The van der Waals surface area contributed by atoms with E-state index in [1.807, 2.05) is 32.0 Å². The number of nitrogens with one attached hydrogen (secondary N) is 1. The van der Waals surface area contributed by atoms with Gasteiger partial charge in [-0.1, -0.05) is 49.3 Å². The Hall–Kier alpha value is -2.05. The molecule has 3 rings (SSSR count). The Kier molecular flexibility index (Phi) is 4.83. The Labute approximate surface area is 139 Å². The zero-order chi connectivity index (χ0) is 16.2. The van der Waals surface area contributed by atoms with Crippen molar-refractivity contribution >= 4 is 11.3 Å². The molecule has 0 aliphatic heterocycles. The van der Waals surface area contributed by atoms with Gasteiger partial charge in [-0.25, -0.2) is 4.98 Å². The number of nitrogens with zero attached hydrogens (tertiary/aromatic N) is 3. The normalized spacial score (nSPS) is 12.7. The molecule has 1 aromatic carbocycles. The molecule has 0 saturated heterocycles. The molecule has 0 amide bonds. The summed E-state index contributed by atoms with van der Waals surface area (Å²) in [7, 11) is 0. The molecule has 0 unspecified atom stereocenters. The van der Waals surface area contributed by atoms with Crippen molar-refractivity contribution in [2.75, 3.05) is 0 Å². The van der Waals surface area contributed by atoms with Gasteiger partial charge in [0.1, 0.15) is 5.01 Å². The third-order valence-electron chi connectivity index (χ3n) is 3.51. The van der Waals surface area contributed by atoms with Gasteiger partial charge < -0.3 is 9.84 Å². The van der Waals surface area contributed by atoms with E-state index in [1.165, 1.54) is 0 Å². The molecule has 0 spiro atoms. The molecule has 0 aliphatic carbocycles. The highest BCUT2D eigenvalue weighted by molar-refractivity contribution is 7.10. The molecule has 6 heteroatoms. The molecule has 1 N–H and O–H groups in total. The third kappa shape index (κ3) is 3.83. The molecule has 23 heavy (non-hydrogen) atoms. The summed E-state index contributed by atoms with van der Waals surface area (Å²) in [6.45, 7) is 6.73. The van der Waals surface area contributed by atoms with Crippen LogP contribution in [0.25, 0.3) is 11.3 Å². The van der Waals surface area contributed by atoms with E-state index in [4.69, 9.17) is 9.51 Å². The highest BCUT2D eigenvalue weighted by Gasteiger charge is 2.14. The van der Waals surface area contributed by atoms with Crippen molar-refractivity contribution in [2.24, 2.45) is 0 Å². The number of hydrogen-bond donors (Lipinski definition) is 1. The topological polar surface area (TPSA) is 63.8 Å². The lowest BCUT2D eigenvalue weighted by Gasteiger charge is -2.08. The minimum Gasteiger partial charge on any atom is -0.339 e. The molecule has 0 radical (unpaired) electrons. The molecule has 0 bridgehead atoms. The Balaban J connectivity index is 1.62. The van der Waals surface area contributed by atoms with Crippen molar-refractivity contribution in [3.63, 3.8) is 0 Å². The summed E-state index contributed by atoms with van der Waals surface area (Å²) in [5.41, 5.74) is 2.16. The maximum atomic E-state index is 5.21. The van der Waals surface area contributed by atoms with Crippen LogP contribution in [0.2, 0.25) is 0 Å². The molecule has 120 valence electrons. The Morgan fingerprint density at radius 2 is 1.91 bits per heavy atom. The first-order chi connectivity index (χ1) is 11.1. The second kappa shape index (κ2) is 7.02. The van der Waals surface area contributed by atoms with E-state index in [0.717, 1.165) is 16.3 Å². The number of hydrogen-bond acceptors (Lipinski definition) is 6. The summed E-state index contributed by atoms with van der Waals surface area (Å²) >= 11 is 1.66. The van der Waals surface area contributed by atoms with Crippen LogP contribution in [-0.2, 0) is 6.54 Å². The lowest BCUT2D eigenvalue weighted by Crippen LogP contribution is -2.18. The number of aromatic nitrogens is 3. The summed E-state index contributed by atoms with van der Waals surface area (Å²) in [5.74, 6) is 1.61. The standard InChI is InChI=1S/C17H20N4OS/c1-11(2)16-20-15(21-22-16)9-18-12(3)17-19-14(10-23-17)13-7-5-4-6-8-13/h4-8,10-12,18H,9H2,1-3H3/t12-/m0/s1. The molecule has 0 saturated carbocycles. The quantitative estimate of drug-likeness (QED) is 0.736. The number of rotatable bonds is 6. The summed E-state index contributed by atoms with van der Waals surface area (Å²) in [4.78, 5) is 9.09. The smallest absolute Gasteiger partial charge is 0.229 e. The Bertz CT molecular complexity index is 751. The van der Waals surface area contributed by atoms with Crippen LogP contribution in [-0.4, -0.2) is 15.1 Å². The van der Waals surface area contributed by atoms with Crippen molar-refractivity contribution < 1.29 is 4.52 Å². The van der Waals surface area contributed by atoms with Gasteiger partial charge in [0.15, 0.2) is 5.82 Å². The van der Waals surface area contributed by atoms with Crippen LogP contribution >= 0.6 is 11.3 Å². The molecule has 3 aromatic rings. The van der Waals surface area contributed by atoms with Crippen molar-refractivity contribution in [1.29, 1.82) is 0 Å². The minimum atomic E-state index is 0.137. The van der Waals surface area contributed by atoms with Gasteiger partial charge >= 0.3 is 0 Å². The van der Waals surface area contributed by atoms with Crippen LogP contribution in [0.1, 0.15) is 49.5 Å². The molecule has 1 atom stereocenters. The Morgan fingerprint density at radius 3 is 2.61 bits per heavy atom. The fourth-order valence-corrected chi connectivity index (χ4v) is 2.99. The highest BCUT2D eigenvalue weighted by atomic mass is 32.1. The summed E-state index contributed by atoms with van der Waals surface area (Å²) in [6.07, 6.45) is 0. The summed E-state index contributed by atoms with van der Waals surface area (Å²) in [6, 6.07) is 10.3. The van der Waals surface area contributed by atoms with E-state index in [-0.39, 0.29) is 12.0 Å². The molecular formula is C17H20N4OS. The van der Waals surface area contributed by atoms with Crippen LogP contribution < -0.4 is 5.32 Å². The Morgan fingerprint density at radius 1 is 1.13 bits per heavy atom. The second-order valence-electron chi connectivity index (χ2n) is 5.74. The fourth-order valence-electron chi connectivity index (χ4n) is 2.13. The van der Waals surface area contributed by atoms with Crippen molar-refractivity contribution in [3.8, 4) is 11.3 Å². The monoisotopic (exact) mass is 328 g/mol. The first kappa shape index (κ1) is 15.8. The van der Waals surface area contributed by atoms with Crippen molar-refractivity contribution in [2.45, 2.75) is 39.3 Å². The zero-order valence-electron chi connectivity index (χ0n) is 13.5. The van der Waals surface area contributed by atoms with Gasteiger partial charge in [0.25, 0.3) is 0 Å². The van der Waals surface area contributed by atoms with Crippen LogP contribution in [0, 0.1) is 0 Å². The predicted octanol–water partition coefficient (Wildman–Crippen LogP) is 4.17. The van der Waals surface area contributed by atoms with E-state index < -0.39 is 0 Å². The van der Waals surface area contributed by atoms with Gasteiger partial charge in [-0.3, -0.25) is 0 Å². The minimum absolute atomic E-state index is 0.137. The van der Waals surface area contributed by atoms with Crippen LogP contribution in [0.5, 0.6) is 0 Å². The SMILES string of the molecule is CC(C)c1nc(CN[C@@H](C)c2nc(-c3ccccc3)cs2)no1. The van der Waals surface area contributed by atoms with Gasteiger partial charge in [-0.15, -0.1) is 11.3 Å². The second-order valence-corrected chi connectivity index (χ2v) is 6.63. The molecule has 5 nitrogen and oxygen atoms in total. The maximum absolute atomic E-state index is 5.21. The van der Waals surface area contributed by atoms with Crippen molar-refractivity contribution in [3.05, 3.63) is 52.4 Å². The summed E-state index contributed by atoms with van der Waals surface area (Å²) < 4.78 is 5.21. The van der Waals surface area contributed by atoms with Gasteiger partial charge in [0.05, 0.1) is 18.3 Å². The van der Waals surface area contributed by atoms with Gasteiger partial charge in [-0.2, -0.15) is 4.98 Å². The average molecular weight is 328 g/mol. The number of thiazole rings is 1. The lowest BCUT2D eigenvalue weighted by atomic mass is 10.2. The van der Waals surface area contributed by atoms with Crippen molar-refractivity contribution in [1.82, 2.24) is 20.4 Å². The van der Waals surface area contributed by atoms with Gasteiger partial charge in [0, 0.05) is 16.9 Å². The van der Waals surface area contributed by atoms with Crippen LogP contribution in [0.3, 0.4) is 0 Å². The molecule has 0 aliphatic rings. The first-order valence-corrected chi connectivity index (χ1v) is 8.58. The van der Waals surface area contributed by atoms with Crippen LogP contribution in [0.4, 0.5) is 0 Å². The predicted molar refractivity (Wildman–Crippen MR) is 91.2 cm³/mol. The molecular weight excluding hydrogens is 308 g/mol. The highest BCUT2D eigenvalue weighted by Crippen LogP contribution is 2.25. The third-order valence-corrected chi connectivity index (χ3v) is 4.53. The van der Waals surface area contributed by atoms with Crippen LogP contribution in [0.15, 0.2) is 40.2 Å². The van der Waals surface area contributed by atoms with Gasteiger partial charge in [-0.05, 0) is 6.92 Å². The first-order valence-electron chi connectivity index (χ1n) is 7.70.